The SMILES string of the molecule is CCCC(CNCC(CCCN)C(=O)NC(C)C(C)=NC(CC)C(=O)NC(CCCN)CC(=O)NC(CC)C1C2CC(CC)CC(C2)C1C)C1C(C)CC2CC(C)CC1C2. The maximum absolute atomic E-state index is 13.8. The highest BCUT2D eigenvalue weighted by Gasteiger charge is 2.48. The molecular formula is C50H93N7O3. The van der Waals surface area contributed by atoms with Crippen LogP contribution in [0.25, 0.3) is 0 Å². The van der Waals surface area contributed by atoms with Gasteiger partial charge in [0.05, 0.1) is 12.0 Å². The molecule has 3 amide bonds. The van der Waals surface area contributed by atoms with Crippen molar-refractivity contribution in [2.24, 2.45) is 87.5 Å². The molecular weight excluding hydrogens is 747 g/mol. The van der Waals surface area contributed by atoms with Crippen molar-refractivity contribution < 1.29 is 14.4 Å². The van der Waals surface area contributed by atoms with Crippen LogP contribution in [-0.4, -0.2) is 73.8 Å². The molecule has 346 valence electrons. The molecule has 10 nitrogen and oxygen atoms in total. The van der Waals surface area contributed by atoms with E-state index >= 15 is 0 Å². The minimum atomic E-state index is -0.615. The fraction of sp³-hybridized carbons (Fsp3) is 0.920. The van der Waals surface area contributed by atoms with E-state index in [1.54, 1.807) is 0 Å². The van der Waals surface area contributed by atoms with Crippen LogP contribution in [0.5, 0.6) is 0 Å². The van der Waals surface area contributed by atoms with Crippen molar-refractivity contribution in [3.8, 4) is 0 Å². The first kappa shape index (κ1) is 50.6. The Kier molecular flexibility index (Phi) is 21.3. The van der Waals surface area contributed by atoms with Crippen LogP contribution < -0.4 is 32.7 Å². The van der Waals surface area contributed by atoms with Crippen LogP contribution >= 0.6 is 0 Å². The number of hydrogen-bond donors (Lipinski definition) is 6. The zero-order valence-electron chi connectivity index (χ0n) is 39.9. The monoisotopic (exact) mass is 840 g/mol. The van der Waals surface area contributed by atoms with Crippen molar-refractivity contribution in [3.63, 3.8) is 0 Å². The summed E-state index contributed by atoms with van der Waals surface area (Å²) in [6.07, 6.45) is 17.7. The molecule has 4 fully saturated rings. The molecule has 4 aliphatic rings. The normalized spacial score (nSPS) is 32.0. The Bertz CT molecular complexity index is 1340. The van der Waals surface area contributed by atoms with Gasteiger partial charge in [-0.2, -0.15) is 0 Å². The van der Waals surface area contributed by atoms with Gasteiger partial charge in [-0.15, -0.1) is 0 Å². The Hall–Kier alpha value is -2.04. The summed E-state index contributed by atoms with van der Waals surface area (Å²) in [4.78, 5) is 46.2. The van der Waals surface area contributed by atoms with E-state index in [-0.39, 0.29) is 48.2 Å². The highest BCUT2D eigenvalue weighted by atomic mass is 16.2. The summed E-state index contributed by atoms with van der Waals surface area (Å²) in [6, 6.07) is -1.10. The third-order valence-corrected chi connectivity index (χ3v) is 16.3. The number of hydrogen-bond acceptors (Lipinski definition) is 7. The molecule has 0 heterocycles. The van der Waals surface area contributed by atoms with Crippen molar-refractivity contribution in [1.82, 2.24) is 21.3 Å². The van der Waals surface area contributed by atoms with Gasteiger partial charge in [0.15, 0.2) is 0 Å². The van der Waals surface area contributed by atoms with Gasteiger partial charge in [-0.1, -0.05) is 61.3 Å². The molecule has 60 heavy (non-hydrogen) atoms. The summed E-state index contributed by atoms with van der Waals surface area (Å²) in [7, 11) is 0. The topological polar surface area (TPSA) is 164 Å². The van der Waals surface area contributed by atoms with E-state index in [1.807, 2.05) is 20.8 Å². The molecule has 10 heteroatoms. The zero-order valence-corrected chi connectivity index (χ0v) is 39.9. The fourth-order valence-corrected chi connectivity index (χ4v) is 13.3. The highest BCUT2D eigenvalue weighted by molar-refractivity contribution is 5.94. The van der Waals surface area contributed by atoms with E-state index < -0.39 is 6.04 Å². The van der Waals surface area contributed by atoms with Gasteiger partial charge in [0, 0.05) is 30.8 Å². The van der Waals surface area contributed by atoms with E-state index in [2.05, 4.69) is 62.8 Å². The van der Waals surface area contributed by atoms with Crippen molar-refractivity contribution >= 4 is 23.4 Å². The summed E-state index contributed by atoms with van der Waals surface area (Å²) in [6.45, 7) is 22.7. The Balaban J connectivity index is 1.32. The number of carbonyl (C=O) groups is 3. The molecule has 8 N–H and O–H groups in total. The summed E-state index contributed by atoms with van der Waals surface area (Å²) in [5, 5.41) is 13.7. The number of nitrogens with two attached hydrogens (primary N) is 2. The number of nitrogens with one attached hydrogen (secondary N) is 4. The van der Waals surface area contributed by atoms with Crippen LogP contribution in [0.3, 0.4) is 0 Å². The molecule has 0 aromatic carbocycles. The molecule has 4 aliphatic carbocycles. The quantitative estimate of drug-likeness (QED) is 0.0484. The predicted molar refractivity (Wildman–Crippen MR) is 249 cm³/mol. The minimum absolute atomic E-state index is 0.00836. The number of amides is 3. The van der Waals surface area contributed by atoms with Gasteiger partial charge in [0.1, 0.15) is 6.04 Å². The molecule has 16 atom stereocenters. The first-order valence-electron chi connectivity index (χ1n) is 25.3. The lowest BCUT2D eigenvalue weighted by molar-refractivity contribution is -0.126. The number of carbonyl (C=O) groups excluding carboxylic acids is 3. The molecule has 0 saturated heterocycles. The van der Waals surface area contributed by atoms with Gasteiger partial charge >= 0.3 is 0 Å². The molecule has 0 aromatic heterocycles. The van der Waals surface area contributed by atoms with Gasteiger partial charge < -0.3 is 32.7 Å². The third kappa shape index (κ3) is 14.2. The van der Waals surface area contributed by atoms with Crippen molar-refractivity contribution in [2.75, 3.05) is 26.2 Å². The van der Waals surface area contributed by atoms with Crippen LogP contribution in [-0.2, 0) is 14.4 Å². The Morgan fingerprint density at radius 1 is 0.733 bits per heavy atom. The molecule has 4 saturated carbocycles. The first-order chi connectivity index (χ1) is 28.8. The zero-order chi connectivity index (χ0) is 43.9. The van der Waals surface area contributed by atoms with Gasteiger partial charge in [0.25, 0.3) is 0 Å². The summed E-state index contributed by atoms with van der Waals surface area (Å²) < 4.78 is 0. The van der Waals surface area contributed by atoms with E-state index in [0.717, 1.165) is 73.7 Å². The van der Waals surface area contributed by atoms with Crippen LogP contribution in [0.2, 0.25) is 0 Å². The average molecular weight is 840 g/mol. The van der Waals surface area contributed by atoms with Crippen LogP contribution in [0.1, 0.15) is 171 Å². The largest absolute Gasteiger partial charge is 0.353 e. The lowest BCUT2D eigenvalue weighted by Crippen LogP contribution is -2.48. The third-order valence-electron chi connectivity index (χ3n) is 16.3. The molecule has 0 aromatic rings. The number of fused-ring (bicyclic) bond motifs is 4. The Morgan fingerprint density at radius 3 is 2.10 bits per heavy atom. The van der Waals surface area contributed by atoms with Gasteiger partial charge in [-0.05, 0) is 188 Å². The molecule has 16 unspecified atom stereocenters. The summed E-state index contributed by atoms with van der Waals surface area (Å²) in [5.41, 5.74) is 12.6. The highest BCUT2D eigenvalue weighted by Crippen LogP contribution is 2.54. The van der Waals surface area contributed by atoms with E-state index in [1.165, 1.54) is 64.2 Å². The molecule has 0 radical (unpaired) electrons. The van der Waals surface area contributed by atoms with Crippen LogP contribution in [0, 0.1) is 71.0 Å². The Labute approximate surface area is 367 Å². The number of aliphatic imine (C=N–C) groups is 1. The van der Waals surface area contributed by atoms with Crippen LogP contribution in [0.15, 0.2) is 4.99 Å². The van der Waals surface area contributed by atoms with E-state index in [9.17, 15) is 14.4 Å². The minimum Gasteiger partial charge on any atom is -0.353 e. The van der Waals surface area contributed by atoms with Crippen molar-refractivity contribution in [1.29, 1.82) is 0 Å². The number of rotatable bonds is 26. The molecule has 0 spiro atoms. The van der Waals surface area contributed by atoms with E-state index in [0.29, 0.717) is 61.9 Å². The lowest BCUT2D eigenvalue weighted by Gasteiger charge is -2.49. The first-order valence-corrected chi connectivity index (χ1v) is 25.3. The average Bonchev–Trinajstić information content (AvgIpc) is 3.44. The second kappa shape index (κ2) is 25.3. The molecule has 0 aliphatic heterocycles. The second-order valence-corrected chi connectivity index (χ2v) is 20.8. The van der Waals surface area contributed by atoms with E-state index in [4.69, 9.17) is 16.5 Å². The van der Waals surface area contributed by atoms with Gasteiger partial charge in [-0.25, -0.2) is 0 Å². The van der Waals surface area contributed by atoms with Crippen LogP contribution in [0.4, 0.5) is 0 Å². The van der Waals surface area contributed by atoms with Crippen molar-refractivity contribution in [3.05, 3.63) is 0 Å². The molecule has 4 rings (SSSR count). The maximum Gasteiger partial charge on any atom is 0.245 e. The number of nitrogens with zero attached hydrogens (tertiary/aromatic N) is 1. The lowest BCUT2D eigenvalue weighted by atomic mass is 9.57. The summed E-state index contributed by atoms with van der Waals surface area (Å²) >= 11 is 0. The smallest absolute Gasteiger partial charge is 0.245 e. The summed E-state index contributed by atoms with van der Waals surface area (Å²) in [5.74, 6) is 7.82. The standard InChI is InChI=1S/C50H93N7O3/c1-10-16-38(47-32(6)23-37-21-31(5)22-41(47)26-37)29-53-30-39(17-14-19-51)49(59)55-35(9)34(8)54-45(13-4)50(60)56-43(18-15-20-52)28-46(58)57-44(12-3)48-33(7)40-24-36(11-2)25-42(48)27-40/h31-33,35-45,47-48,53H,10-30,51-52H2,1-9H3,(H,55,59)(H,56,60)(H,57,58). The predicted octanol–water partition coefficient (Wildman–Crippen LogP) is 8.02. The second-order valence-electron chi connectivity index (χ2n) is 20.8. The van der Waals surface area contributed by atoms with Gasteiger partial charge in [0.2, 0.25) is 17.7 Å². The van der Waals surface area contributed by atoms with Gasteiger partial charge in [-0.3, -0.25) is 19.4 Å². The van der Waals surface area contributed by atoms with Crippen molar-refractivity contribution in [2.45, 2.75) is 196 Å². The Morgan fingerprint density at radius 2 is 1.43 bits per heavy atom. The maximum atomic E-state index is 13.8. The molecule has 4 bridgehead atoms. The fourth-order valence-electron chi connectivity index (χ4n) is 13.3.